The van der Waals surface area contributed by atoms with Gasteiger partial charge in [0.25, 0.3) is 0 Å². The highest BCUT2D eigenvalue weighted by atomic mass is 32.2. The van der Waals surface area contributed by atoms with E-state index < -0.39 is 28.0 Å². The number of hydrogen-bond donors (Lipinski definition) is 2. The van der Waals surface area contributed by atoms with Gasteiger partial charge in [0.15, 0.2) is 5.06 Å². The summed E-state index contributed by atoms with van der Waals surface area (Å²) in [6, 6.07) is 1.19. The Bertz CT molecular complexity index is 551. The van der Waals surface area contributed by atoms with Crippen LogP contribution >= 0.6 is 11.3 Å². The van der Waals surface area contributed by atoms with Crippen molar-refractivity contribution in [2.75, 3.05) is 13.2 Å². The number of halogens is 3. The molecule has 108 valence electrons. The first-order chi connectivity index (χ1) is 8.63. The SMILES string of the molecule is O=C(O)c1csc(OCCNS(=O)(=O)C(F)(F)F)c1. The van der Waals surface area contributed by atoms with Crippen LogP contribution in [-0.2, 0) is 10.0 Å². The summed E-state index contributed by atoms with van der Waals surface area (Å²) in [5, 5.41) is 10.1. The van der Waals surface area contributed by atoms with Crippen molar-refractivity contribution in [1.29, 1.82) is 0 Å². The lowest BCUT2D eigenvalue weighted by Gasteiger charge is -2.09. The number of rotatable bonds is 6. The molecule has 2 N–H and O–H groups in total. The van der Waals surface area contributed by atoms with Crippen LogP contribution in [-0.4, -0.2) is 38.2 Å². The van der Waals surface area contributed by atoms with Gasteiger partial charge in [-0.25, -0.2) is 17.9 Å². The highest BCUT2D eigenvalue weighted by Gasteiger charge is 2.45. The molecule has 0 atom stereocenters. The highest BCUT2D eigenvalue weighted by Crippen LogP contribution is 2.23. The van der Waals surface area contributed by atoms with E-state index in [0.717, 1.165) is 11.3 Å². The first-order valence-corrected chi connectivity index (χ1v) is 7.00. The number of ether oxygens (including phenoxy) is 1. The molecule has 0 aliphatic heterocycles. The van der Waals surface area contributed by atoms with E-state index in [-0.39, 0.29) is 17.2 Å². The van der Waals surface area contributed by atoms with Crippen LogP contribution in [0.3, 0.4) is 0 Å². The number of thiophene rings is 1. The van der Waals surface area contributed by atoms with Gasteiger partial charge in [0.1, 0.15) is 6.61 Å². The van der Waals surface area contributed by atoms with Gasteiger partial charge < -0.3 is 9.84 Å². The van der Waals surface area contributed by atoms with Gasteiger partial charge in [-0.3, -0.25) is 0 Å². The van der Waals surface area contributed by atoms with E-state index in [1.54, 1.807) is 0 Å². The van der Waals surface area contributed by atoms with E-state index in [4.69, 9.17) is 9.84 Å². The molecular formula is C8H8F3NO5S2. The Morgan fingerprint density at radius 2 is 2.11 bits per heavy atom. The number of carboxylic acids is 1. The fourth-order valence-electron chi connectivity index (χ4n) is 0.914. The Balaban J connectivity index is 2.41. The van der Waals surface area contributed by atoms with Crippen LogP contribution < -0.4 is 9.46 Å². The minimum Gasteiger partial charge on any atom is -0.483 e. The summed E-state index contributed by atoms with van der Waals surface area (Å²) in [5.74, 6) is -1.16. The molecule has 0 radical (unpaired) electrons. The van der Waals surface area contributed by atoms with Gasteiger partial charge >= 0.3 is 21.5 Å². The lowest BCUT2D eigenvalue weighted by molar-refractivity contribution is -0.0448. The third kappa shape index (κ3) is 4.36. The Kier molecular flexibility index (Phi) is 4.76. The molecule has 1 aromatic rings. The summed E-state index contributed by atoms with van der Waals surface area (Å²) in [6.45, 7) is -0.934. The largest absolute Gasteiger partial charge is 0.511 e. The third-order valence-electron chi connectivity index (χ3n) is 1.77. The van der Waals surface area contributed by atoms with E-state index in [1.165, 1.54) is 16.2 Å². The topological polar surface area (TPSA) is 92.7 Å². The van der Waals surface area contributed by atoms with E-state index in [9.17, 15) is 26.4 Å². The summed E-state index contributed by atoms with van der Waals surface area (Å²) in [5.41, 5.74) is -5.39. The number of hydrogen-bond acceptors (Lipinski definition) is 5. The lowest BCUT2D eigenvalue weighted by atomic mass is 10.3. The van der Waals surface area contributed by atoms with Crippen molar-refractivity contribution in [3.63, 3.8) is 0 Å². The normalized spacial score (nSPS) is 12.4. The minimum absolute atomic E-state index is 0.0177. The second-order valence-electron chi connectivity index (χ2n) is 3.15. The van der Waals surface area contributed by atoms with Crippen LogP contribution in [0, 0.1) is 0 Å². The molecule has 0 saturated heterocycles. The van der Waals surface area contributed by atoms with Crippen LogP contribution in [0.5, 0.6) is 5.06 Å². The van der Waals surface area contributed by atoms with Crippen LogP contribution in [0.15, 0.2) is 11.4 Å². The van der Waals surface area contributed by atoms with Crippen molar-refractivity contribution in [2.24, 2.45) is 0 Å². The van der Waals surface area contributed by atoms with E-state index >= 15 is 0 Å². The standard InChI is InChI=1S/C8H8F3NO5S2/c9-8(10,11)19(15,16)12-1-2-17-6-3-5(4-18-6)7(13)14/h3-4,12H,1-2H2,(H,13,14). The second-order valence-corrected chi connectivity index (χ2v) is 5.78. The molecule has 11 heteroatoms. The van der Waals surface area contributed by atoms with Gasteiger partial charge in [-0.2, -0.15) is 13.2 Å². The Labute approximate surface area is 109 Å². The van der Waals surface area contributed by atoms with Gasteiger partial charge in [-0.1, -0.05) is 0 Å². The zero-order chi connectivity index (χ0) is 14.7. The van der Waals surface area contributed by atoms with Gasteiger partial charge in [0, 0.05) is 18.0 Å². The molecule has 0 saturated carbocycles. The predicted octanol–water partition coefficient (Wildman–Crippen LogP) is 1.26. The Morgan fingerprint density at radius 3 is 2.58 bits per heavy atom. The molecule has 0 aromatic carbocycles. The summed E-state index contributed by atoms with van der Waals surface area (Å²) in [6.07, 6.45) is 0. The smallest absolute Gasteiger partial charge is 0.483 e. The maximum Gasteiger partial charge on any atom is 0.511 e. The lowest BCUT2D eigenvalue weighted by Crippen LogP contribution is -2.38. The first-order valence-electron chi connectivity index (χ1n) is 4.64. The van der Waals surface area contributed by atoms with E-state index in [0.29, 0.717) is 0 Å². The van der Waals surface area contributed by atoms with Gasteiger partial charge in [0.05, 0.1) is 5.56 Å². The molecule has 0 fully saturated rings. The fourth-order valence-corrected chi connectivity index (χ4v) is 2.19. The zero-order valence-electron chi connectivity index (χ0n) is 9.10. The number of aromatic carboxylic acids is 1. The molecule has 0 unspecified atom stereocenters. The molecule has 1 heterocycles. The summed E-state index contributed by atoms with van der Waals surface area (Å²) < 4.78 is 63.2. The van der Waals surface area contributed by atoms with E-state index in [1.807, 2.05) is 0 Å². The van der Waals surface area contributed by atoms with Crippen LogP contribution in [0.1, 0.15) is 10.4 Å². The average Bonchev–Trinajstić information content (AvgIpc) is 2.71. The molecule has 0 amide bonds. The molecule has 0 aliphatic carbocycles. The number of carbonyl (C=O) groups is 1. The quantitative estimate of drug-likeness (QED) is 0.770. The average molecular weight is 319 g/mol. The zero-order valence-corrected chi connectivity index (χ0v) is 10.7. The van der Waals surface area contributed by atoms with Crippen molar-refractivity contribution in [2.45, 2.75) is 5.51 Å². The number of alkyl halides is 3. The van der Waals surface area contributed by atoms with Crippen LogP contribution in [0.2, 0.25) is 0 Å². The molecule has 0 spiro atoms. The fraction of sp³-hybridized carbons (Fsp3) is 0.375. The summed E-state index contributed by atoms with van der Waals surface area (Å²) >= 11 is 0.939. The number of carboxylic acid groups (broad SMARTS) is 1. The van der Waals surface area contributed by atoms with Crippen LogP contribution in [0.25, 0.3) is 0 Å². The third-order valence-corrected chi connectivity index (χ3v) is 3.80. The van der Waals surface area contributed by atoms with Crippen molar-refractivity contribution >= 4 is 27.3 Å². The molecular weight excluding hydrogens is 311 g/mol. The first kappa shape index (κ1) is 15.7. The molecule has 0 aliphatic rings. The van der Waals surface area contributed by atoms with Crippen molar-refractivity contribution < 1.29 is 36.2 Å². The molecule has 1 aromatic heterocycles. The Morgan fingerprint density at radius 1 is 1.47 bits per heavy atom. The maximum absolute atomic E-state index is 11.9. The Hall–Kier alpha value is -1.33. The molecule has 6 nitrogen and oxygen atoms in total. The molecule has 19 heavy (non-hydrogen) atoms. The second kappa shape index (κ2) is 5.75. The highest BCUT2D eigenvalue weighted by molar-refractivity contribution is 7.90. The molecule has 1 rings (SSSR count). The van der Waals surface area contributed by atoms with Gasteiger partial charge in [0.2, 0.25) is 0 Å². The monoisotopic (exact) mass is 319 g/mol. The van der Waals surface area contributed by atoms with Crippen molar-refractivity contribution in [1.82, 2.24) is 4.72 Å². The van der Waals surface area contributed by atoms with Crippen molar-refractivity contribution in [3.05, 3.63) is 17.0 Å². The van der Waals surface area contributed by atoms with Gasteiger partial charge in [-0.15, -0.1) is 11.3 Å². The van der Waals surface area contributed by atoms with Gasteiger partial charge in [-0.05, 0) is 0 Å². The number of nitrogens with one attached hydrogen (secondary N) is 1. The van der Waals surface area contributed by atoms with Crippen LogP contribution in [0.4, 0.5) is 13.2 Å². The molecule has 0 bridgehead atoms. The van der Waals surface area contributed by atoms with Crippen molar-refractivity contribution in [3.8, 4) is 5.06 Å². The van der Waals surface area contributed by atoms with E-state index in [2.05, 4.69) is 0 Å². The predicted molar refractivity (Wildman–Crippen MR) is 59.8 cm³/mol. The maximum atomic E-state index is 11.9. The number of sulfonamides is 1. The minimum atomic E-state index is -5.38. The summed E-state index contributed by atoms with van der Waals surface area (Å²) in [7, 11) is -5.38. The summed E-state index contributed by atoms with van der Waals surface area (Å²) in [4.78, 5) is 10.5.